The lowest BCUT2D eigenvalue weighted by atomic mass is 9.89. The average molecular weight is 442 g/mol. The molecule has 0 N–H and O–H groups in total. The summed E-state index contributed by atoms with van der Waals surface area (Å²) < 4.78 is 30.7. The molecule has 0 atom stereocenters. The second-order valence-electron chi connectivity index (χ2n) is 8.59. The van der Waals surface area contributed by atoms with Crippen molar-refractivity contribution >= 4 is 31.5 Å². The lowest BCUT2D eigenvalue weighted by Gasteiger charge is -2.18. The number of hydrogen-bond acceptors (Lipinski definition) is 2. The number of aromatic nitrogens is 1. The number of fused-ring (bicyclic) bond motifs is 4. The van der Waals surface area contributed by atoms with Gasteiger partial charge in [0.1, 0.15) is 11.6 Å². The first-order valence-electron chi connectivity index (χ1n) is 11.0. The van der Waals surface area contributed by atoms with Gasteiger partial charge in [-0.1, -0.05) is 12.1 Å². The van der Waals surface area contributed by atoms with Crippen molar-refractivity contribution in [1.82, 2.24) is 4.98 Å². The van der Waals surface area contributed by atoms with Crippen LogP contribution in [0.2, 0.25) is 0 Å². The van der Waals surface area contributed by atoms with Gasteiger partial charge >= 0.3 is 0 Å². The van der Waals surface area contributed by atoms with E-state index in [1.807, 2.05) is 18.3 Å². The third kappa shape index (κ3) is 3.13. The van der Waals surface area contributed by atoms with Gasteiger partial charge in [0.2, 0.25) is 0 Å². The summed E-state index contributed by atoms with van der Waals surface area (Å²) in [4.78, 5) is 4.75. The van der Waals surface area contributed by atoms with Crippen molar-refractivity contribution in [2.75, 3.05) is 0 Å². The molecule has 1 aliphatic carbocycles. The maximum absolute atomic E-state index is 14.2. The summed E-state index contributed by atoms with van der Waals surface area (Å²) in [5.41, 5.74) is 6.44. The zero-order chi connectivity index (χ0) is 21.8. The van der Waals surface area contributed by atoms with Crippen LogP contribution in [0, 0.1) is 18.6 Å². The van der Waals surface area contributed by atoms with Gasteiger partial charge in [-0.25, -0.2) is 8.78 Å². The van der Waals surface area contributed by atoms with E-state index >= 15 is 0 Å². The van der Waals surface area contributed by atoms with Crippen molar-refractivity contribution < 1.29 is 8.78 Å². The predicted octanol–water partition coefficient (Wildman–Crippen LogP) is 8.25. The van der Waals surface area contributed by atoms with E-state index in [4.69, 9.17) is 4.98 Å². The van der Waals surface area contributed by atoms with E-state index in [0.29, 0.717) is 5.56 Å². The van der Waals surface area contributed by atoms with Crippen LogP contribution in [-0.2, 0) is 12.8 Å². The van der Waals surface area contributed by atoms with E-state index in [2.05, 4.69) is 30.3 Å². The molecular formula is C28H21F2NS. The maximum Gasteiger partial charge on any atom is 0.129 e. The Labute approximate surface area is 189 Å². The third-order valence-corrected chi connectivity index (χ3v) is 7.78. The minimum Gasteiger partial charge on any atom is -0.256 e. The Balaban J connectivity index is 1.53. The molecule has 0 radical (unpaired) electrons. The second-order valence-corrected chi connectivity index (χ2v) is 9.68. The summed E-state index contributed by atoms with van der Waals surface area (Å²) >= 11 is 1.74. The first-order chi connectivity index (χ1) is 15.6. The van der Waals surface area contributed by atoms with Gasteiger partial charge in [-0.2, -0.15) is 0 Å². The minimum absolute atomic E-state index is 0.0548. The van der Waals surface area contributed by atoms with Crippen LogP contribution in [0.4, 0.5) is 8.78 Å². The summed E-state index contributed by atoms with van der Waals surface area (Å²) in [6.07, 6.45) is 6.58. The molecular weight excluding hydrogens is 420 g/mol. The summed E-state index contributed by atoms with van der Waals surface area (Å²) in [5, 5.41) is 2.27. The molecule has 1 aliphatic rings. The Bertz CT molecular complexity index is 1490. The number of thiophene rings is 1. The molecule has 0 saturated heterocycles. The molecule has 0 unspecified atom stereocenters. The SMILES string of the molecule is Cc1c(F)cc(-c2ccc3sc4ccc(-c5nccc6c5CCCC6)cc4c3c2)cc1F. The quantitative estimate of drug-likeness (QED) is 0.269. The molecule has 2 aromatic heterocycles. The standard InChI is InChI=1S/C28H21F2NS/c1-16-24(29)14-20(15-25(16)30)18-6-8-26-22(12-18)23-13-19(7-9-27(23)32-26)28-21-5-3-2-4-17(21)10-11-31-28/h6-15H,2-5H2,1H3. The van der Waals surface area contributed by atoms with Gasteiger partial charge in [-0.05, 0) is 97.3 Å². The van der Waals surface area contributed by atoms with Crippen LogP contribution in [-0.4, -0.2) is 4.98 Å². The van der Waals surface area contributed by atoms with Gasteiger partial charge in [0.05, 0.1) is 5.69 Å². The van der Waals surface area contributed by atoms with E-state index in [1.165, 1.54) is 47.7 Å². The zero-order valence-corrected chi connectivity index (χ0v) is 18.5. The van der Waals surface area contributed by atoms with Crippen LogP contribution < -0.4 is 0 Å². The fourth-order valence-corrected chi connectivity index (χ4v) is 5.89. The first kappa shape index (κ1) is 19.6. The molecule has 3 aromatic carbocycles. The van der Waals surface area contributed by atoms with Crippen molar-refractivity contribution in [3.63, 3.8) is 0 Å². The van der Waals surface area contributed by atoms with Crippen LogP contribution in [0.5, 0.6) is 0 Å². The molecule has 0 aliphatic heterocycles. The second kappa shape index (κ2) is 7.49. The molecule has 0 fully saturated rings. The van der Waals surface area contributed by atoms with E-state index in [0.717, 1.165) is 45.1 Å². The number of aryl methyl sites for hydroxylation is 1. The molecule has 32 heavy (non-hydrogen) atoms. The highest BCUT2D eigenvalue weighted by Crippen LogP contribution is 2.39. The number of hydrogen-bond donors (Lipinski definition) is 0. The molecule has 5 aromatic rings. The number of nitrogens with zero attached hydrogens (tertiary/aromatic N) is 1. The van der Waals surface area contributed by atoms with Gasteiger partial charge in [0.15, 0.2) is 0 Å². The van der Waals surface area contributed by atoms with Gasteiger partial charge in [-0.3, -0.25) is 4.98 Å². The normalized spacial score (nSPS) is 13.6. The van der Waals surface area contributed by atoms with Crippen LogP contribution in [0.3, 0.4) is 0 Å². The smallest absolute Gasteiger partial charge is 0.129 e. The van der Waals surface area contributed by atoms with Crippen molar-refractivity contribution in [2.45, 2.75) is 32.6 Å². The molecule has 0 amide bonds. The molecule has 2 heterocycles. The number of halogens is 2. The van der Waals surface area contributed by atoms with Crippen LogP contribution in [0.1, 0.15) is 29.5 Å². The van der Waals surface area contributed by atoms with Crippen molar-refractivity contribution in [3.8, 4) is 22.4 Å². The van der Waals surface area contributed by atoms with E-state index in [1.54, 1.807) is 11.3 Å². The topological polar surface area (TPSA) is 12.9 Å². The monoisotopic (exact) mass is 441 g/mol. The Morgan fingerprint density at radius 1 is 0.750 bits per heavy atom. The minimum atomic E-state index is -0.516. The summed E-state index contributed by atoms with van der Waals surface area (Å²) in [6, 6.07) is 17.6. The molecule has 0 saturated carbocycles. The highest BCUT2D eigenvalue weighted by atomic mass is 32.1. The van der Waals surface area contributed by atoms with Gasteiger partial charge in [-0.15, -0.1) is 11.3 Å². The van der Waals surface area contributed by atoms with Crippen LogP contribution in [0.25, 0.3) is 42.6 Å². The summed E-state index contributed by atoms with van der Waals surface area (Å²) in [5.74, 6) is -1.03. The van der Waals surface area contributed by atoms with Gasteiger partial charge < -0.3 is 0 Å². The van der Waals surface area contributed by atoms with Crippen molar-refractivity contribution in [3.05, 3.63) is 89.1 Å². The number of rotatable bonds is 2. The highest BCUT2D eigenvalue weighted by molar-refractivity contribution is 7.25. The lowest BCUT2D eigenvalue weighted by molar-refractivity contribution is 0.569. The Kier molecular flexibility index (Phi) is 4.58. The van der Waals surface area contributed by atoms with Crippen molar-refractivity contribution in [2.24, 2.45) is 0 Å². The fraction of sp³-hybridized carbons (Fsp3) is 0.179. The number of benzene rings is 3. The zero-order valence-electron chi connectivity index (χ0n) is 17.7. The van der Waals surface area contributed by atoms with Gasteiger partial charge in [0.25, 0.3) is 0 Å². The molecule has 0 bridgehead atoms. The first-order valence-corrected chi connectivity index (χ1v) is 11.8. The third-order valence-electron chi connectivity index (χ3n) is 6.63. The van der Waals surface area contributed by atoms with Crippen molar-refractivity contribution in [1.29, 1.82) is 0 Å². The largest absolute Gasteiger partial charge is 0.256 e. The lowest BCUT2D eigenvalue weighted by Crippen LogP contribution is -2.05. The predicted molar refractivity (Wildman–Crippen MR) is 129 cm³/mol. The summed E-state index contributed by atoms with van der Waals surface area (Å²) in [7, 11) is 0. The Morgan fingerprint density at radius 2 is 1.41 bits per heavy atom. The fourth-order valence-electron chi connectivity index (χ4n) is 4.83. The molecule has 4 heteroatoms. The molecule has 158 valence electrons. The Hall–Kier alpha value is -3.11. The van der Waals surface area contributed by atoms with Crippen LogP contribution in [0.15, 0.2) is 60.8 Å². The Morgan fingerprint density at radius 3 is 2.16 bits per heavy atom. The summed E-state index contributed by atoms with van der Waals surface area (Å²) in [6.45, 7) is 1.46. The average Bonchev–Trinajstić information content (AvgIpc) is 3.19. The highest BCUT2D eigenvalue weighted by Gasteiger charge is 2.17. The van der Waals surface area contributed by atoms with Gasteiger partial charge in [0, 0.05) is 37.5 Å². The number of pyridine rings is 1. The van der Waals surface area contributed by atoms with E-state index in [9.17, 15) is 8.78 Å². The molecule has 0 spiro atoms. The van der Waals surface area contributed by atoms with E-state index < -0.39 is 11.6 Å². The maximum atomic E-state index is 14.2. The molecule has 6 rings (SSSR count). The molecule has 1 nitrogen and oxygen atoms in total. The van der Waals surface area contributed by atoms with E-state index in [-0.39, 0.29) is 5.56 Å². The van der Waals surface area contributed by atoms with Crippen LogP contribution >= 0.6 is 11.3 Å².